The molecule has 0 saturated heterocycles. The Labute approximate surface area is 236 Å². The maximum Gasteiger partial charge on any atom is 0.266 e. The van der Waals surface area contributed by atoms with Gasteiger partial charge in [-0.05, 0) is 67.1 Å². The number of nitrogens with zero attached hydrogens (tertiary/aromatic N) is 2. The van der Waals surface area contributed by atoms with Crippen LogP contribution in [0.2, 0.25) is 0 Å². The predicted molar refractivity (Wildman–Crippen MR) is 157 cm³/mol. The number of carbonyl (C=O) groups is 1. The van der Waals surface area contributed by atoms with E-state index in [4.69, 9.17) is 18.9 Å². The Morgan fingerprint density at radius 1 is 0.854 bits per heavy atom. The van der Waals surface area contributed by atoms with Crippen molar-refractivity contribution in [3.63, 3.8) is 0 Å². The zero-order valence-corrected chi connectivity index (χ0v) is 23.1. The van der Waals surface area contributed by atoms with Crippen LogP contribution in [0, 0.1) is 6.92 Å². The Balaban J connectivity index is 1.38. The van der Waals surface area contributed by atoms with E-state index < -0.39 is 0 Å². The second kappa shape index (κ2) is 11.8. The minimum absolute atomic E-state index is 0.307. The molecule has 0 unspecified atom stereocenters. The van der Waals surface area contributed by atoms with E-state index in [1.807, 2.05) is 30.3 Å². The topological polar surface area (TPSA) is 101 Å². The minimum atomic E-state index is -0.328. The van der Waals surface area contributed by atoms with Crippen LogP contribution >= 0.6 is 0 Å². The van der Waals surface area contributed by atoms with Gasteiger partial charge in [0.15, 0.2) is 11.5 Å². The van der Waals surface area contributed by atoms with Gasteiger partial charge in [0.1, 0.15) is 29.4 Å². The first-order chi connectivity index (χ1) is 19.9. The zero-order valence-electron chi connectivity index (χ0n) is 23.1. The van der Waals surface area contributed by atoms with E-state index in [2.05, 4.69) is 10.3 Å². The van der Waals surface area contributed by atoms with Crippen LogP contribution < -0.4 is 29.8 Å². The van der Waals surface area contributed by atoms with Crippen LogP contribution in [0.5, 0.6) is 23.0 Å². The molecule has 0 spiro atoms. The van der Waals surface area contributed by atoms with Gasteiger partial charge in [0, 0.05) is 11.3 Å². The number of carbonyl (C=O) groups excluding carboxylic acids is 1. The molecule has 208 valence electrons. The van der Waals surface area contributed by atoms with E-state index >= 15 is 0 Å². The SMILES string of the molecule is COc1cc(C(=O)Nc2ccc(OCc3ccccc3)cc2)ccc1-n1c(C)nc2c(OC)c(OC)ccc2c1=O. The largest absolute Gasteiger partial charge is 0.495 e. The van der Waals surface area contributed by atoms with Crippen molar-refractivity contribution in [1.82, 2.24) is 9.55 Å². The lowest BCUT2D eigenvalue weighted by Gasteiger charge is -2.17. The summed E-state index contributed by atoms with van der Waals surface area (Å²) in [5.74, 6) is 1.98. The van der Waals surface area contributed by atoms with Crippen molar-refractivity contribution in [2.45, 2.75) is 13.5 Å². The van der Waals surface area contributed by atoms with Crippen LogP contribution in [-0.2, 0) is 6.61 Å². The molecule has 1 N–H and O–H groups in total. The predicted octanol–water partition coefficient (Wildman–Crippen LogP) is 5.55. The highest BCUT2D eigenvalue weighted by atomic mass is 16.5. The number of anilines is 1. The highest BCUT2D eigenvalue weighted by Gasteiger charge is 2.19. The van der Waals surface area contributed by atoms with Crippen LogP contribution in [0.15, 0.2) is 89.7 Å². The number of methoxy groups -OCH3 is 3. The van der Waals surface area contributed by atoms with E-state index in [0.29, 0.717) is 63.3 Å². The molecule has 1 heterocycles. The summed E-state index contributed by atoms with van der Waals surface area (Å²) in [4.78, 5) is 31.3. The quantitative estimate of drug-likeness (QED) is 0.256. The Morgan fingerprint density at radius 2 is 1.59 bits per heavy atom. The van der Waals surface area contributed by atoms with Gasteiger partial charge in [0.25, 0.3) is 11.5 Å². The number of hydrogen-bond acceptors (Lipinski definition) is 7. The van der Waals surface area contributed by atoms with Crippen LogP contribution in [-0.4, -0.2) is 36.8 Å². The maximum atomic E-state index is 13.6. The summed E-state index contributed by atoms with van der Waals surface area (Å²) in [6.45, 7) is 2.17. The molecule has 1 amide bonds. The Kier molecular flexibility index (Phi) is 7.87. The van der Waals surface area contributed by atoms with Gasteiger partial charge in [-0.3, -0.25) is 14.2 Å². The van der Waals surface area contributed by atoms with Crippen LogP contribution in [0.1, 0.15) is 21.7 Å². The van der Waals surface area contributed by atoms with E-state index in [-0.39, 0.29) is 11.5 Å². The van der Waals surface area contributed by atoms with Crippen LogP contribution in [0.25, 0.3) is 16.6 Å². The van der Waals surface area contributed by atoms with Gasteiger partial charge in [-0.1, -0.05) is 30.3 Å². The summed E-state index contributed by atoms with van der Waals surface area (Å²) >= 11 is 0. The average molecular weight is 552 g/mol. The molecule has 9 nitrogen and oxygen atoms in total. The lowest BCUT2D eigenvalue weighted by Crippen LogP contribution is -2.23. The molecule has 1 aromatic heterocycles. The lowest BCUT2D eigenvalue weighted by atomic mass is 10.1. The molecular weight excluding hydrogens is 522 g/mol. The van der Waals surface area contributed by atoms with Crippen LogP contribution in [0.4, 0.5) is 5.69 Å². The normalized spacial score (nSPS) is 10.7. The molecule has 0 aliphatic carbocycles. The third-order valence-electron chi connectivity index (χ3n) is 6.59. The van der Waals surface area contributed by atoms with Gasteiger partial charge in [-0.25, -0.2) is 4.98 Å². The van der Waals surface area contributed by atoms with Crippen molar-refractivity contribution >= 4 is 22.5 Å². The van der Waals surface area contributed by atoms with Crippen molar-refractivity contribution in [2.75, 3.05) is 26.6 Å². The van der Waals surface area contributed by atoms with E-state index in [9.17, 15) is 9.59 Å². The molecule has 9 heteroatoms. The first-order valence-corrected chi connectivity index (χ1v) is 12.8. The number of benzene rings is 4. The summed E-state index contributed by atoms with van der Waals surface area (Å²) in [5, 5.41) is 3.24. The number of ether oxygens (including phenoxy) is 4. The number of fused-ring (bicyclic) bond motifs is 1. The smallest absolute Gasteiger partial charge is 0.266 e. The Hall–Kier alpha value is -5.31. The Bertz CT molecular complexity index is 1770. The molecule has 0 aliphatic rings. The standard InChI is InChI=1S/C32H29N3O6/c1-20-33-29-25(15-17-27(38-2)30(29)40-4)32(37)35(20)26-16-10-22(18-28(26)39-3)31(36)34-23-11-13-24(14-12-23)41-19-21-8-6-5-7-9-21/h5-18H,19H2,1-4H3,(H,34,36). The fraction of sp³-hybridized carbons (Fsp3) is 0.156. The summed E-state index contributed by atoms with van der Waals surface area (Å²) in [7, 11) is 4.51. The fourth-order valence-corrected chi connectivity index (χ4v) is 4.54. The molecule has 0 atom stereocenters. The number of aromatic nitrogens is 2. The van der Waals surface area contributed by atoms with Crippen molar-refractivity contribution in [3.05, 3.63) is 112 Å². The number of rotatable bonds is 9. The first-order valence-electron chi connectivity index (χ1n) is 12.8. The highest BCUT2D eigenvalue weighted by Crippen LogP contribution is 2.34. The number of aryl methyl sites for hydroxylation is 1. The number of nitrogens with one attached hydrogen (secondary N) is 1. The summed E-state index contributed by atoms with van der Waals surface area (Å²) < 4.78 is 23.7. The van der Waals surface area contributed by atoms with Gasteiger partial charge in [-0.2, -0.15) is 0 Å². The van der Waals surface area contributed by atoms with Crippen molar-refractivity contribution < 1.29 is 23.7 Å². The molecular formula is C32H29N3O6. The van der Waals surface area contributed by atoms with Gasteiger partial charge >= 0.3 is 0 Å². The van der Waals surface area contributed by atoms with Gasteiger partial charge in [-0.15, -0.1) is 0 Å². The monoisotopic (exact) mass is 551 g/mol. The minimum Gasteiger partial charge on any atom is -0.495 e. The molecule has 5 rings (SSSR count). The third-order valence-corrected chi connectivity index (χ3v) is 6.59. The van der Waals surface area contributed by atoms with Crippen molar-refractivity contribution in [3.8, 4) is 28.7 Å². The third kappa shape index (κ3) is 5.56. The van der Waals surface area contributed by atoms with Gasteiger partial charge < -0.3 is 24.3 Å². The van der Waals surface area contributed by atoms with Gasteiger partial charge in [0.05, 0.1) is 32.4 Å². The summed E-state index contributed by atoms with van der Waals surface area (Å²) in [5.41, 5.74) is 2.59. The van der Waals surface area contributed by atoms with Crippen molar-refractivity contribution in [1.29, 1.82) is 0 Å². The van der Waals surface area contributed by atoms with E-state index in [0.717, 1.165) is 5.56 Å². The highest BCUT2D eigenvalue weighted by molar-refractivity contribution is 6.04. The van der Waals surface area contributed by atoms with Crippen LogP contribution in [0.3, 0.4) is 0 Å². The molecule has 4 aromatic carbocycles. The number of hydrogen-bond donors (Lipinski definition) is 1. The number of amides is 1. The molecule has 0 fully saturated rings. The molecule has 0 bridgehead atoms. The van der Waals surface area contributed by atoms with E-state index in [1.165, 1.54) is 25.9 Å². The second-order valence-electron chi connectivity index (χ2n) is 9.14. The molecule has 0 saturated carbocycles. The molecule has 41 heavy (non-hydrogen) atoms. The summed E-state index contributed by atoms with van der Waals surface area (Å²) in [6, 6.07) is 25.2. The second-order valence-corrected chi connectivity index (χ2v) is 9.14. The summed E-state index contributed by atoms with van der Waals surface area (Å²) in [6.07, 6.45) is 0. The zero-order chi connectivity index (χ0) is 28.9. The maximum absolute atomic E-state index is 13.6. The van der Waals surface area contributed by atoms with Crippen molar-refractivity contribution in [2.24, 2.45) is 0 Å². The molecule has 0 aliphatic heterocycles. The van der Waals surface area contributed by atoms with E-state index in [1.54, 1.807) is 61.5 Å². The lowest BCUT2D eigenvalue weighted by molar-refractivity contribution is 0.102. The molecule has 5 aromatic rings. The fourth-order valence-electron chi connectivity index (χ4n) is 4.54. The van der Waals surface area contributed by atoms with Gasteiger partial charge in [0.2, 0.25) is 0 Å². The Morgan fingerprint density at radius 3 is 2.27 bits per heavy atom. The average Bonchev–Trinajstić information content (AvgIpc) is 3.00. The molecule has 0 radical (unpaired) electrons. The first kappa shape index (κ1) is 27.3.